The molecule has 132 valence electrons. The summed E-state index contributed by atoms with van der Waals surface area (Å²) in [5.41, 5.74) is 2.48. The molecule has 0 spiro atoms. The number of amides is 1. The van der Waals surface area contributed by atoms with Crippen molar-refractivity contribution in [2.75, 3.05) is 6.79 Å². The Labute approximate surface area is 154 Å². The van der Waals surface area contributed by atoms with Crippen molar-refractivity contribution in [3.63, 3.8) is 0 Å². The molecule has 1 aromatic carbocycles. The van der Waals surface area contributed by atoms with Gasteiger partial charge in [-0.05, 0) is 35.6 Å². The van der Waals surface area contributed by atoms with Crippen molar-refractivity contribution in [2.24, 2.45) is 0 Å². The number of carbonyl (C=O) groups excluding carboxylic acids is 2. The minimum Gasteiger partial charge on any atom is -0.454 e. The Kier molecular flexibility index (Phi) is 3.60. The number of carbonyl (C=O) groups is 2. The van der Waals surface area contributed by atoms with Gasteiger partial charge in [-0.3, -0.25) is 9.59 Å². The molecule has 3 aliphatic rings. The maximum Gasteiger partial charge on any atom is 0.231 e. The largest absolute Gasteiger partial charge is 0.454 e. The van der Waals surface area contributed by atoms with Crippen molar-refractivity contribution >= 4 is 23.0 Å². The Morgan fingerprint density at radius 2 is 1.92 bits per heavy atom. The molecule has 0 radical (unpaired) electrons. The van der Waals surface area contributed by atoms with E-state index in [1.807, 2.05) is 29.6 Å². The molecular weight excluding hydrogens is 350 g/mol. The summed E-state index contributed by atoms with van der Waals surface area (Å²) in [6.45, 7) is 0.208. The first-order valence-corrected chi connectivity index (χ1v) is 9.56. The maximum atomic E-state index is 13.0. The second-order valence-corrected chi connectivity index (χ2v) is 7.83. The van der Waals surface area contributed by atoms with Crippen LogP contribution in [0, 0.1) is 0 Å². The smallest absolute Gasteiger partial charge is 0.231 e. The average molecular weight is 367 g/mol. The number of allylic oxidation sites excluding steroid dienone is 2. The van der Waals surface area contributed by atoms with Crippen LogP contribution in [-0.4, -0.2) is 18.5 Å². The molecule has 1 aliphatic carbocycles. The minimum atomic E-state index is -0.218. The lowest BCUT2D eigenvalue weighted by molar-refractivity contribution is -0.122. The summed E-state index contributed by atoms with van der Waals surface area (Å²) in [5.74, 6) is 1.41. The minimum absolute atomic E-state index is 0.0361. The zero-order valence-electron chi connectivity index (χ0n) is 14.0. The summed E-state index contributed by atoms with van der Waals surface area (Å²) in [6, 6.07) is 9.75. The quantitative estimate of drug-likeness (QED) is 0.883. The van der Waals surface area contributed by atoms with E-state index in [9.17, 15) is 9.59 Å². The standard InChI is InChI=1S/C20H17NO4S/c22-15-7-12(18-2-1-5-26-18)6-14-20(15)13(9-19(23)21-14)11-3-4-16-17(8-11)25-10-24-16/h1-5,8,12-13H,6-7,9-10H2,(H,21,23)/t12-,13+/m1/s1. The van der Waals surface area contributed by atoms with Gasteiger partial charge in [0, 0.05) is 40.8 Å². The monoisotopic (exact) mass is 367 g/mol. The van der Waals surface area contributed by atoms with Gasteiger partial charge in [0.1, 0.15) is 0 Å². The Hall–Kier alpha value is -2.60. The second kappa shape index (κ2) is 5.99. The molecule has 1 aromatic heterocycles. The molecule has 5 rings (SSSR count). The van der Waals surface area contributed by atoms with Gasteiger partial charge in [-0.15, -0.1) is 11.3 Å². The lowest BCUT2D eigenvalue weighted by Gasteiger charge is -2.34. The van der Waals surface area contributed by atoms with E-state index >= 15 is 0 Å². The van der Waals surface area contributed by atoms with Crippen LogP contribution >= 0.6 is 11.3 Å². The van der Waals surface area contributed by atoms with E-state index in [2.05, 4.69) is 11.4 Å². The highest BCUT2D eigenvalue weighted by Crippen LogP contribution is 2.45. The van der Waals surface area contributed by atoms with Crippen molar-refractivity contribution in [3.8, 4) is 11.5 Å². The highest BCUT2D eigenvalue weighted by molar-refractivity contribution is 7.10. The molecule has 1 amide bonds. The highest BCUT2D eigenvalue weighted by atomic mass is 32.1. The first-order chi connectivity index (χ1) is 12.7. The Bertz CT molecular complexity index is 931. The maximum absolute atomic E-state index is 13.0. The van der Waals surface area contributed by atoms with Crippen LogP contribution in [0.15, 0.2) is 47.0 Å². The van der Waals surface area contributed by atoms with Crippen molar-refractivity contribution in [3.05, 3.63) is 57.4 Å². The number of rotatable bonds is 2. The summed E-state index contributed by atoms with van der Waals surface area (Å²) in [6.07, 6.45) is 1.48. The Morgan fingerprint density at radius 3 is 2.77 bits per heavy atom. The Balaban J connectivity index is 1.53. The fourth-order valence-corrected chi connectivity index (χ4v) is 4.93. The third-order valence-electron chi connectivity index (χ3n) is 5.28. The van der Waals surface area contributed by atoms with E-state index in [0.29, 0.717) is 24.3 Å². The molecule has 0 fully saturated rings. The molecule has 0 bridgehead atoms. The number of hydrogen-bond acceptors (Lipinski definition) is 5. The Morgan fingerprint density at radius 1 is 1.04 bits per heavy atom. The predicted molar refractivity (Wildman–Crippen MR) is 96.4 cm³/mol. The normalized spacial score (nSPS) is 24.5. The first-order valence-electron chi connectivity index (χ1n) is 8.68. The number of benzene rings is 1. The number of Topliss-reactive ketones (excluding diaryl/α,β-unsaturated/α-hetero) is 1. The average Bonchev–Trinajstić information content (AvgIpc) is 3.31. The molecule has 2 aromatic rings. The van der Waals surface area contributed by atoms with Crippen LogP contribution in [0.4, 0.5) is 0 Å². The van der Waals surface area contributed by atoms with Gasteiger partial charge in [-0.2, -0.15) is 0 Å². The fourth-order valence-electron chi connectivity index (χ4n) is 4.10. The molecule has 6 heteroatoms. The first kappa shape index (κ1) is 15.6. The summed E-state index contributed by atoms with van der Waals surface area (Å²) >= 11 is 1.66. The summed E-state index contributed by atoms with van der Waals surface area (Å²) < 4.78 is 10.8. The number of ketones is 1. The molecule has 2 aliphatic heterocycles. The lowest BCUT2D eigenvalue weighted by atomic mass is 9.74. The van der Waals surface area contributed by atoms with Gasteiger partial charge in [0.25, 0.3) is 0 Å². The van der Waals surface area contributed by atoms with Crippen LogP contribution < -0.4 is 14.8 Å². The van der Waals surface area contributed by atoms with Crippen molar-refractivity contribution in [1.29, 1.82) is 0 Å². The second-order valence-electron chi connectivity index (χ2n) is 6.85. The van der Waals surface area contributed by atoms with Crippen LogP contribution in [0.5, 0.6) is 11.5 Å². The number of ether oxygens (including phenoxy) is 2. The zero-order chi connectivity index (χ0) is 17.7. The van der Waals surface area contributed by atoms with E-state index in [-0.39, 0.29) is 36.7 Å². The number of nitrogens with one attached hydrogen (secondary N) is 1. The molecular formula is C20H17NO4S. The molecule has 0 saturated heterocycles. The van der Waals surface area contributed by atoms with Gasteiger partial charge in [-0.1, -0.05) is 12.1 Å². The van der Waals surface area contributed by atoms with Gasteiger partial charge >= 0.3 is 0 Å². The van der Waals surface area contributed by atoms with E-state index in [0.717, 1.165) is 16.8 Å². The van der Waals surface area contributed by atoms with Crippen LogP contribution in [-0.2, 0) is 9.59 Å². The summed E-state index contributed by atoms with van der Waals surface area (Å²) in [7, 11) is 0. The summed E-state index contributed by atoms with van der Waals surface area (Å²) in [4.78, 5) is 26.5. The molecule has 5 nitrogen and oxygen atoms in total. The lowest BCUT2D eigenvalue weighted by Crippen LogP contribution is -2.38. The van der Waals surface area contributed by atoms with Gasteiger partial charge in [-0.25, -0.2) is 0 Å². The number of hydrogen-bond donors (Lipinski definition) is 1. The topological polar surface area (TPSA) is 64.6 Å². The van der Waals surface area contributed by atoms with Crippen molar-refractivity contribution < 1.29 is 19.1 Å². The van der Waals surface area contributed by atoms with Crippen LogP contribution in [0.1, 0.15) is 41.5 Å². The van der Waals surface area contributed by atoms with E-state index in [1.165, 1.54) is 4.88 Å². The van der Waals surface area contributed by atoms with E-state index < -0.39 is 0 Å². The highest BCUT2D eigenvalue weighted by Gasteiger charge is 2.38. The molecule has 0 unspecified atom stereocenters. The van der Waals surface area contributed by atoms with E-state index in [4.69, 9.17) is 9.47 Å². The summed E-state index contributed by atoms with van der Waals surface area (Å²) in [5, 5.41) is 4.99. The van der Waals surface area contributed by atoms with Crippen LogP contribution in [0.2, 0.25) is 0 Å². The molecule has 0 saturated carbocycles. The molecule has 2 atom stereocenters. The fraction of sp³-hybridized carbons (Fsp3) is 0.300. The number of fused-ring (bicyclic) bond motifs is 1. The van der Waals surface area contributed by atoms with Gasteiger partial charge in [0.05, 0.1) is 0 Å². The van der Waals surface area contributed by atoms with Crippen molar-refractivity contribution in [2.45, 2.75) is 31.1 Å². The predicted octanol–water partition coefficient (Wildman–Crippen LogP) is 3.48. The van der Waals surface area contributed by atoms with Crippen LogP contribution in [0.3, 0.4) is 0 Å². The third kappa shape index (κ3) is 2.52. The zero-order valence-corrected chi connectivity index (χ0v) is 14.8. The molecule has 3 heterocycles. The van der Waals surface area contributed by atoms with Crippen molar-refractivity contribution in [1.82, 2.24) is 5.32 Å². The van der Waals surface area contributed by atoms with Gasteiger partial charge in [0.15, 0.2) is 17.3 Å². The number of thiophene rings is 1. The van der Waals surface area contributed by atoms with Gasteiger partial charge < -0.3 is 14.8 Å². The van der Waals surface area contributed by atoms with Gasteiger partial charge in [0.2, 0.25) is 12.7 Å². The molecule has 1 N–H and O–H groups in total. The SMILES string of the molecule is O=C1C[C@@H](c2ccc3c(c2)OCO3)C2=C(C[C@@H](c3cccs3)CC2=O)N1. The van der Waals surface area contributed by atoms with Crippen LogP contribution in [0.25, 0.3) is 0 Å². The molecule has 26 heavy (non-hydrogen) atoms. The third-order valence-corrected chi connectivity index (χ3v) is 6.32. The van der Waals surface area contributed by atoms with E-state index in [1.54, 1.807) is 11.3 Å².